The summed E-state index contributed by atoms with van der Waals surface area (Å²) in [6.45, 7) is 5.67. The Kier molecular flexibility index (Phi) is 8.42. The number of nitro groups is 2. The fourth-order valence-corrected chi connectivity index (χ4v) is 5.39. The van der Waals surface area contributed by atoms with E-state index in [1.165, 1.54) is 23.9 Å². The molecule has 0 aliphatic rings. The summed E-state index contributed by atoms with van der Waals surface area (Å²) in [6.07, 6.45) is 0. The lowest BCUT2D eigenvalue weighted by atomic mass is 10.1. The molecular formula is C26H24BrN5O5S. The summed E-state index contributed by atoms with van der Waals surface area (Å²) < 4.78 is 8.69. The van der Waals surface area contributed by atoms with Crippen molar-refractivity contribution in [3.63, 3.8) is 0 Å². The van der Waals surface area contributed by atoms with Crippen LogP contribution in [0.25, 0.3) is 5.69 Å². The Bertz CT molecular complexity index is 1490. The zero-order chi connectivity index (χ0) is 27.4. The van der Waals surface area contributed by atoms with E-state index in [9.17, 15) is 20.2 Å². The van der Waals surface area contributed by atoms with Crippen LogP contribution in [0.15, 0.2) is 70.3 Å². The van der Waals surface area contributed by atoms with E-state index in [-0.39, 0.29) is 23.8 Å². The summed E-state index contributed by atoms with van der Waals surface area (Å²) in [7, 11) is 0. The maximum absolute atomic E-state index is 11.7. The number of nitro benzene ring substituents is 1. The molecule has 1 atom stereocenters. The van der Waals surface area contributed by atoms with Crippen LogP contribution in [0.3, 0.4) is 0 Å². The molecule has 0 fully saturated rings. The van der Waals surface area contributed by atoms with Gasteiger partial charge in [-0.15, -0.1) is 10.2 Å². The van der Waals surface area contributed by atoms with E-state index in [2.05, 4.69) is 26.1 Å². The smallest absolute Gasteiger partial charge is 0.269 e. The van der Waals surface area contributed by atoms with Crippen LogP contribution >= 0.6 is 27.7 Å². The highest BCUT2D eigenvalue weighted by Gasteiger charge is 2.27. The highest BCUT2D eigenvalue weighted by molar-refractivity contribution is 9.10. The highest BCUT2D eigenvalue weighted by atomic mass is 79.9. The van der Waals surface area contributed by atoms with Crippen LogP contribution in [-0.4, -0.2) is 31.2 Å². The molecule has 3 aromatic carbocycles. The highest BCUT2D eigenvalue weighted by Crippen LogP contribution is 2.41. The summed E-state index contributed by atoms with van der Waals surface area (Å²) in [5.74, 6) is 1.14. The molecule has 1 aromatic heterocycles. The average Bonchev–Trinajstić information content (AvgIpc) is 3.24. The monoisotopic (exact) mass is 597 g/mol. The van der Waals surface area contributed by atoms with Crippen LogP contribution in [0.4, 0.5) is 5.69 Å². The molecule has 0 amide bonds. The van der Waals surface area contributed by atoms with Crippen molar-refractivity contribution in [1.29, 1.82) is 0 Å². The molecule has 0 radical (unpaired) electrons. The van der Waals surface area contributed by atoms with Gasteiger partial charge in [-0.05, 0) is 79.9 Å². The third-order valence-electron chi connectivity index (χ3n) is 5.97. The first kappa shape index (κ1) is 27.3. The molecule has 0 bridgehead atoms. The van der Waals surface area contributed by atoms with E-state index in [0.717, 1.165) is 26.9 Å². The fourth-order valence-electron chi connectivity index (χ4n) is 3.82. The second kappa shape index (κ2) is 11.7. The molecular weight excluding hydrogens is 574 g/mol. The molecule has 1 heterocycles. The van der Waals surface area contributed by atoms with Gasteiger partial charge in [-0.25, -0.2) is 0 Å². The van der Waals surface area contributed by atoms with Crippen LogP contribution < -0.4 is 4.74 Å². The molecule has 4 rings (SSSR count). The van der Waals surface area contributed by atoms with Gasteiger partial charge in [0.15, 0.2) is 5.16 Å². The molecule has 0 aliphatic heterocycles. The number of halogens is 1. The van der Waals surface area contributed by atoms with Gasteiger partial charge in [0.05, 0.1) is 4.92 Å². The molecule has 4 aromatic rings. The number of nitrogens with zero attached hydrogens (tertiary/aromatic N) is 5. The second-order valence-corrected chi connectivity index (χ2v) is 10.7. The van der Waals surface area contributed by atoms with Gasteiger partial charge in [0.2, 0.25) is 6.54 Å². The molecule has 0 saturated carbocycles. The molecule has 38 heavy (non-hydrogen) atoms. The van der Waals surface area contributed by atoms with Crippen LogP contribution in [0.2, 0.25) is 0 Å². The first-order chi connectivity index (χ1) is 18.1. The van der Waals surface area contributed by atoms with E-state index in [0.29, 0.717) is 22.3 Å². The maximum Gasteiger partial charge on any atom is 0.269 e. The van der Waals surface area contributed by atoms with Gasteiger partial charge in [-0.3, -0.25) is 24.8 Å². The zero-order valence-corrected chi connectivity index (χ0v) is 23.2. The summed E-state index contributed by atoms with van der Waals surface area (Å²) in [4.78, 5) is 21.8. The van der Waals surface area contributed by atoms with Gasteiger partial charge >= 0.3 is 0 Å². The quantitative estimate of drug-likeness (QED) is 0.114. The molecule has 10 nitrogen and oxygen atoms in total. The van der Waals surface area contributed by atoms with Gasteiger partial charge in [-0.2, -0.15) is 0 Å². The standard InChI is InChI=1S/C26H24BrN5O5S/c1-16-4-8-22(12-17(16)2)31-18(3)28-29-26(31)38-25(14-30(33)34)23-13-20(27)7-11-24(23)37-15-19-5-9-21(10-6-19)32(35)36/h4-13,25H,14-15H2,1-3H3/t25-/m0/s1. The molecule has 0 N–H and O–H groups in total. The van der Waals surface area contributed by atoms with Crippen LogP contribution in [0.1, 0.15) is 33.3 Å². The van der Waals surface area contributed by atoms with E-state index in [1.807, 2.05) is 43.5 Å². The fraction of sp³-hybridized carbons (Fsp3) is 0.231. The lowest BCUT2D eigenvalue weighted by Crippen LogP contribution is -2.13. The normalized spacial score (nSPS) is 11.8. The van der Waals surface area contributed by atoms with Gasteiger partial charge in [-0.1, -0.05) is 33.8 Å². The van der Waals surface area contributed by atoms with Crippen molar-refractivity contribution in [2.45, 2.75) is 37.8 Å². The van der Waals surface area contributed by atoms with Crippen LogP contribution in [-0.2, 0) is 6.61 Å². The lowest BCUT2D eigenvalue weighted by Gasteiger charge is -2.18. The number of ether oxygens (including phenoxy) is 1. The molecule has 196 valence electrons. The number of aromatic nitrogens is 3. The maximum atomic E-state index is 11.7. The van der Waals surface area contributed by atoms with E-state index < -0.39 is 10.2 Å². The van der Waals surface area contributed by atoms with Crippen molar-refractivity contribution >= 4 is 33.4 Å². The molecule has 0 saturated heterocycles. The van der Waals surface area contributed by atoms with E-state index in [4.69, 9.17) is 4.74 Å². The molecule has 0 unspecified atom stereocenters. The molecule has 0 aliphatic carbocycles. The second-order valence-electron chi connectivity index (χ2n) is 8.65. The van der Waals surface area contributed by atoms with Crippen molar-refractivity contribution in [2.75, 3.05) is 6.54 Å². The van der Waals surface area contributed by atoms with Crippen molar-refractivity contribution in [3.8, 4) is 11.4 Å². The van der Waals surface area contributed by atoms with Gasteiger partial charge in [0.1, 0.15) is 23.4 Å². The van der Waals surface area contributed by atoms with Crippen LogP contribution in [0, 0.1) is 41.0 Å². The minimum Gasteiger partial charge on any atom is -0.489 e. The topological polar surface area (TPSA) is 126 Å². The van der Waals surface area contributed by atoms with Crippen molar-refractivity contribution in [3.05, 3.63) is 113 Å². The van der Waals surface area contributed by atoms with Gasteiger partial charge in [0, 0.05) is 32.8 Å². The first-order valence-electron chi connectivity index (χ1n) is 11.6. The van der Waals surface area contributed by atoms with Gasteiger partial charge < -0.3 is 4.74 Å². The lowest BCUT2D eigenvalue weighted by molar-refractivity contribution is -0.479. The minimum atomic E-state index is -0.636. The Balaban J connectivity index is 1.66. The summed E-state index contributed by atoms with van der Waals surface area (Å²) in [6, 6.07) is 17.4. The minimum absolute atomic E-state index is 0.0105. The Morgan fingerprint density at radius 3 is 2.37 bits per heavy atom. The van der Waals surface area contributed by atoms with Crippen molar-refractivity contribution in [1.82, 2.24) is 14.8 Å². The number of non-ortho nitro benzene ring substituents is 1. The summed E-state index contributed by atoms with van der Waals surface area (Å²) in [5, 5.41) is 31.1. The Morgan fingerprint density at radius 1 is 0.974 bits per heavy atom. The average molecular weight is 598 g/mol. The number of hydrogen-bond donors (Lipinski definition) is 0. The first-order valence-corrected chi connectivity index (χ1v) is 13.2. The largest absolute Gasteiger partial charge is 0.489 e. The number of benzene rings is 3. The summed E-state index contributed by atoms with van der Waals surface area (Å²) >= 11 is 4.72. The zero-order valence-electron chi connectivity index (χ0n) is 20.8. The van der Waals surface area contributed by atoms with Crippen LogP contribution in [0.5, 0.6) is 5.75 Å². The predicted octanol–water partition coefficient (Wildman–Crippen LogP) is 6.55. The molecule has 12 heteroatoms. The number of thioether (sulfide) groups is 1. The Morgan fingerprint density at radius 2 is 1.71 bits per heavy atom. The summed E-state index contributed by atoms with van der Waals surface area (Å²) in [5.41, 5.74) is 4.49. The van der Waals surface area contributed by atoms with Gasteiger partial charge in [0.25, 0.3) is 5.69 Å². The number of aryl methyl sites for hydroxylation is 3. The molecule has 0 spiro atoms. The third-order valence-corrected chi connectivity index (χ3v) is 7.62. The number of hydrogen-bond acceptors (Lipinski definition) is 8. The predicted molar refractivity (Wildman–Crippen MR) is 148 cm³/mol. The SMILES string of the molecule is Cc1ccc(-n2c(C)nnc2S[C@@H](C[N+](=O)[O-])c2cc(Br)ccc2OCc2ccc([N+](=O)[O-])cc2)cc1C. The van der Waals surface area contributed by atoms with E-state index in [1.54, 1.807) is 30.3 Å². The third kappa shape index (κ3) is 6.37. The van der Waals surface area contributed by atoms with E-state index >= 15 is 0 Å². The van der Waals surface area contributed by atoms with Crippen molar-refractivity contribution < 1.29 is 14.6 Å². The Labute approximate surface area is 231 Å². The number of rotatable bonds is 10. The Hall–Kier alpha value is -3.77. The van der Waals surface area contributed by atoms with Crippen molar-refractivity contribution in [2.24, 2.45) is 0 Å².